The van der Waals surface area contributed by atoms with Crippen LogP contribution in [0.5, 0.6) is 0 Å². The number of nitrogens with zero attached hydrogens (tertiary/aromatic N) is 1. The van der Waals surface area contributed by atoms with Crippen molar-refractivity contribution in [3.8, 4) is 0 Å². The van der Waals surface area contributed by atoms with Crippen LogP contribution in [0.15, 0.2) is 53.4 Å². The second-order valence-corrected chi connectivity index (χ2v) is 6.46. The Morgan fingerprint density at radius 3 is 2.57 bits per heavy atom. The van der Waals surface area contributed by atoms with Crippen LogP contribution in [0.3, 0.4) is 0 Å². The summed E-state index contributed by atoms with van der Waals surface area (Å²) < 4.78 is 0. The van der Waals surface area contributed by atoms with E-state index in [0.29, 0.717) is 22.3 Å². The molecule has 0 saturated heterocycles. The summed E-state index contributed by atoms with van der Waals surface area (Å²) in [4.78, 5) is 14.7. The van der Waals surface area contributed by atoms with Crippen molar-refractivity contribution in [2.24, 2.45) is 0 Å². The van der Waals surface area contributed by atoms with Crippen LogP contribution in [-0.2, 0) is 11.3 Å². The summed E-state index contributed by atoms with van der Waals surface area (Å²) in [6.07, 6.45) is 0. The molecule has 0 N–H and O–H groups in total. The lowest BCUT2D eigenvalue weighted by Crippen LogP contribution is -2.27. The lowest BCUT2D eigenvalue weighted by molar-refractivity contribution is -0.127. The largest absolute Gasteiger partial charge is 0.341 e. The Hall–Kier alpha value is -1.16. The molecule has 0 saturated carbocycles. The molecule has 0 aliphatic carbocycles. The molecule has 21 heavy (non-hydrogen) atoms. The fraction of sp³-hybridized carbons (Fsp3) is 0.188. The third-order valence-corrected chi connectivity index (χ3v) is 4.65. The van der Waals surface area contributed by atoms with Gasteiger partial charge < -0.3 is 4.90 Å². The van der Waals surface area contributed by atoms with E-state index in [1.807, 2.05) is 30.3 Å². The first-order valence-corrected chi connectivity index (χ1v) is 8.16. The molecule has 2 rings (SSSR count). The van der Waals surface area contributed by atoms with Gasteiger partial charge in [0, 0.05) is 23.5 Å². The van der Waals surface area contributed by atoms with E-state index in [4.69, 9.17) is 23.2 Å². The number of halogens is 2. The van der Waals surface area contributed by atoms with Crippen molar-refractivity contribution >= 4 is 40.9 Å². The van der Waals surface area contributed by atoms with E-state index in [2.05, 4.69) is 0 Å². The van der Waals surface area contributed by atoms with Gasteiger partial charge in [0.2, 0.25) is 5.91 Å². The lowest BCUT2D eigenvalue weighted by atomic mass is 10.2. The van der Waals surface area contributed by atoms with Gasteiger partial charge in [0.05, 0.1) is 10.8 Å². The summed E-state index contributed by atoms with van der Waals surface area (Å²) in [6.45, 7) is 0.601. The molecule has 2 nitrogen and oxygen atoms in total. The predicted molar refractivity (Wildman–Crippen MR) is 90.1 cm³/mol. The second kappa shape index (κ2) is 7.74. The summed E-state index contributed by atoms with van der Waals surface area (Å²) in [6, 6.07) is 15.2. The zero-order valence-corrected chi connectivity index (χ0v) is 13.9. The summed E-state index contributed by atoms with van der Waals surface area (Å²) in [5.74, 6) is 0.392. The van der Waals surface area contributed by atoms with Crippen LogP contribution in [0.25, 0.3) is 0 Å². The summed E-state index contributed by atoms with van der Waals surface area (Å²) in [7, 11) is 1.80. The van der Waals surface area contributed by atoms with Gasteiger partial charge in [0.25, 0.3) is 0 Å². The van der Waals surface area contributed by atoms with Crippen molar-refractivity contribution in [1.82, 2.24) is 4.90 Å². The Bertz CT molecular complexity index is 619. The summed E-state index contributed by atoms with van der Waals surface area (Å²) in [5.41, 5.74) is 1.11. The van der Waals surface area contributed by atoms with Crippen LogP contribution in [0, 0.1) is 0 Å². The number of amides is 1. The maximum atomic E-state index is 12.1. The summed E-state index contributed by atoms with van der Waals surface area (Å²) >= 11 is 13.4. The third-order valence-electron chi connectivity index (χ3n) is 2.93. The van der Waals surface area contributed by atoms with E-state index < -0.39 is 0 Å². The Labute approximate surface area is 139 Å². The molecule has 0 aliphatic heterocycles. The second-order valence-electron chi connectivity index (χ2n) is 4.60. The highest BCUT2D eigenvalue weighted by Crippen LogP contribution is 2.29. The normalized spacial score (nSPS) is 10.4. The first kappa shape index (κ1) is 16.2. The molecule has 0 radical (unpaired) electrons. The molecule has 0 aliphatic rings. The third kappa shape index (κ3) is 4.95. The number of benzene rings is 2. The number of carbonyl (C=O) groups is 1. The average Bonchev–Trinajstić information content (AvgIpc) is 2.49. The van der Waals surface area contributed by atoms with Gasteiger partial charge in [-0.2, -0.15) is 0 Å². The maximum Gasteiger partial charge on any atom is 0.232 e. The van der Waals surface area contributed by atoms with Crippen molar-refractivity contribution in [2.75, 3.05) is 12.8 Å². The van der Waals surface area contributed by atoms with Crippen LogP contribution >= 0.6 is 35.0 Å². The zero-order chi connectivity index (χ0) is 15.2. The Morgan fingerprint density at radius 1 is 1.14 bits per heavy atom. The van der Waals surface area contributed by atoms with E-state index in [-0.39, 0.29) is 5.91 Å². The monoisotopic (exact) mass is 339 g/mol. The smallest absolute Gasteiger partial charge is 0.232 e. The summed E-state index contributed by atoms with van der Waals surface area (Å²) in [5, 5.41) is 1.23. The molecule has 0 bridgehead atoms. The minimum absolute atomic E-state index is 0.0555. The van der Waals surface area contributed by atoms with Gasteiger partial charge in [-0.05, 0) is 23.8 Å². The highest BCUT2D eigenvalue weighted by Gasteiger charge is 2.11. The fourth-order valence-corrected chi connectivity index (χ4v) is 3.22. The molecule has 0 aromatic heterocycles. The first-order chi connectivity index (χ1) is 10.1. The first-order valence-electron chi connectivity index (χ1n) is 6.42. The van der Waals surface area contributed by atoms with Crippen LogP contribution in [0.1, 0.15) is 5.56 Å². The Kier molecular flexibility index (Phi) is 5.97. The van der Waals surface area contributed by atoms with Crippen LogP contribution in [0.4, 0.5) is 0 Å². The van der Waals surface area contributed by atoms with E-state index >= 15 is 0 Å². The molecular formula is C16H15Cl2NOS. The minimum atomic E-state index is 0.0555. The molecule has 0 fully saturated rings. The lowest BCUT2D eigenvalue weighted by Gasteiger charge is -2.17. The quantitative estimate of drug-likeness (QED) is 0.733. The molecule has 2 aromatic rings. The van der Waals surface area contributed by atoms with Gasteiger partial charge in [-0.25, -0.2) is 0 Å². The Balaban J connectivity index is 1.91. The van der Waals surface area contributed by atoms with Crippen molar-refractivity contribution in [2.45, 2.75) is 11.4 Å². The molecule has 110 valence electrons. The molecule has 0 atom stereocenters. The molecule has 1 amide bonds. The molecule has 2 aromatic carbocycles. The van der Waals surface area contributed by atoms with Gasteiger partial charge in [0.1, 0.15) is 0 Å². The highest BCUT2D eigenvalue weighted by atomic mass is 35.5. The van der Waals surface area contributed by atoms with Gasteiger partial charge in [-0.1, -0.05) is 53.5 Å². The van der Waals surface area contributed by atoms with Crippen LogP contribution < -0.4 is 0 Å². The molecule has 0 heterocycles. The molecule has 0 unspecified atom stereocenters. The van der Waals surface area contributed by atoms with Gasteiger partial charge >= 0.3 is 0 Å². The topological polar surface area (TPSA) is 20.3 Å². The van der Waals surface area contributed by atoms with Crippen molar-refractivity contribution in [1.29, 1.82) is 0 Å². The number of thioether (sulfide) groups is 1. The van der Waals surface area contributed by atoms with Gasteiger partial charge in [0.15, 0.2) is 0 Å². The number of hydrogen-bond donors (Lipinski definition) is 0. The fourth-order valence-electron chi connectivity index (χ4n) is 1.78. The standard InChI is InChI=1S/C16H15Cl2NOS/c1-19(10-12-5-3-2-4-6-12)16(20)11-21-15-9-13(17)7-8-14(15)18/h2-9H,10-11H2,1H3. The Morgan fingerprint density at radius 2 is 1.86 bits per heavy atom. The minimum Gasteiger partial charge on any atom is -0.341 e. The maximum absolute atomic E-state index is 12.1. The number of hydrogen-bond acceptors (Lipinski definition) is 2. The van der Waals surface area contributed by atoms with E-state index in [0.717, 1.165) is 10.5 Å². The van der Waals surface area contributed by atoms with Crippen LogP contribution in [-0.4, -0.2) is 23.6 Å². The zero-order valence-electron chi connectivity index (χ0n) is 11.6. The molecular weight excluding hydrogens is 325 g/mol. The van der Waals surface area contributed by atoms with Gasteiger partial charge in [-0.3, -0.25) is 4.79 Å². The molecule has 0 spiro atoms. The van der Waals surface area contributed by atoms with Crippen LogP contribution in [0.2, 0.25) is 10.0 Å². The van der Waals surface area contributed by atoms with Crippen molar-refractivity contribution in [3.63, 3.8) is 0 Å². The number of rotatable bonds is 5. The SMILES string of the molecule is CN(Cc1ccccc1)C(=O)CSc1cc(Cl)ccc1Cl. The van der Waals surface area contributed by atoms with E-state index in [1.165, 1.54) is 11.8 Å². The average molecular weight is 340 g/mol. The highest BCUT2D eigenvalue weighted by molar-refractivity contribution is 8.00. The van der Waals surface area contributed by atoms with E-state index in [1.54, 1.807) is 30.1 Å². The van der Waals surface area contributed by atoms with E-state index in [9.17, 15) is 4.79 Å². The predicted octanol–water partition coefficient (Wildman–Crippen LogP) is 4.74. The molecule has 5 heteroatoms. The van der Waals surface area contributed by atoms with Gasteiger partial charge in [-0.15, -0.1) is 11.8 Å². The number of carbonyl (C=O) groups excluding carboxylic acids is 1. The van der Waals surface area contributed by atoms with Crippen molar-refractivity contribution < 1.29 is 4.79 Å². The van der Waals surface area contributed by atoms with Crippen molar-refractivity contribution in [3.05, 3.63) is 64.1 Å².